The van der Waals surface area contributed by atoms with Crippen molar-refractivity contribution in [3.8, 4) is 0 Å². The van der Waals surface area contributed by atoms with E-state index in [-0.39, 0.29) is 11.5 Å². The lowest BCUT2D eigenvalue weighted by molar-refractivity contribution is 0.589. The fourth-order valence-corrected chi connectivity index (χ4v) is 1.79. The number of hydrogen-bond donors (Lipinski definition) is 2. The molecular formula is C10H9BrF2N4. The largest absolute Gasteiger partial charge is 0.394 e. The van der Waals surface area contributed by atoms with E-state index in [2.05, 4.69) is 26.3 Å². The molecule has 0 aliphatic heterocycles. The summed E-state index contributed by atoms with van der Waals surface area (Å²) in [5, 5.41) is 6.47. The van der Waals surface area contributed by atoms with Gasteiger partial charge in [0.15, 0.2) is 17.5 Å². The molecule has 0 spiro atoms. The van der Waals surface area contributed by atoms with Crippen LogP contribution >= 0.6 is 15.9 Å². The summed E-state index contributed by atoms with van der Waals surface area (Å²) in [4.78, 5) is 0. The van der Waals surface area contributed by atoms with Crippen LogP contribution in [0.15, 0.2) is 22.8 Å². The molecule has 2 rings (SSSR count). The van der Waals surface area contributed by atoms with Gasteiger partial charge in [-0.05, 0) is 12.1 Å². The Morgan fingerprint density at radius 3 is 2.41 bits per heavy atom. The van der Waals surface area contributed by atoms with Crippen molar-refractivity contribution in [3.63, 3.8) is 0 Å². The molecule has 0 atom stereocenters. The highest BCUT2D eigenvalue weighted by molar-refractivity contribution is 9.10. The highest BCUT2D eigenvalue weighted by Gasteiger charge is 2.13. The summed E-state index contributed by atoms with van der Waals surface area (Å²) >= 11 is 3.00. The van der Waals surface area contributed by atoms with Gasteiger partial charge in [0, 0.05) is 17.7 Å². The van der Waals surface area contributed by atoms with Crippen molar-refractivity contribution in [2.24, 2.45) is 7.05 Å². The standard InChI is InChI=1S/C10H9BrF2N4/c1-17-4-8(14)10(16-17)15-9-6(12)2-5(11)3-7(9)13/h2-4H,14H2,1H3,(H,15,16). The molecule has 0 aliphatic carbocycles. The lowest BCUT2D eigenvalue weighted by Crippen LogP contribution is -2.01. The first-order chi connectivity index (χ1) is 7.97. The van der Waals surface area contributed by atoms with Crippen LogP contribution in [0, 0.1) is 11.6 Å². The summed E-state index contributed by atoms with van der Waals surface area (Å²) in [6.07, 6.45) is 1.54. The molecular weight excluding hydrogens is 294 g/mol. The van der Waals surface area contributed by atoms with Crippen molar-refractivity contribution in [2.75, 3.05) is 11.1 Å². The molecule has 0 bridgehead atoms. The summed E-state index contributed by atoms with van der Waals surface area (Å²) in [5.74, 6) is -1.23. The van der Waals surface area contributed by atoms with Gasteiger partial charge in [-0.15, -0.1) is 0 Å². The first-order valence-electron chi connectivity index (χ1n) is 4.68. The van der Waals surface area contributed by atoms with Gasteiger partial charge in [-0.2, -0.15) is 5.10 Å². The first kappa shape index (κ1) is 11.8. The van der Waals surface area contributed by atoms with E-state index >= 15 is 0 Å². The highest BCUT2D eigenvalue weighted by atomic mass is 79.9. The lowest BCUT2D eigenvalue weighted by atomic mass is 10.3. The van der Waals surface area contributed by atoms with Gasteiger partial charge in [0.05, 0.1) is 5.69 Å². The first-order valence-corrected chi connectivity index (χ1v) is 5.47. The summed E-state index contributed by atoms with van der Waals surface area (Å²) in [5.41, 5.74) is 5.65. The summed E-state index contributed by atoms with van der Waals surface area (Å²) in [6, 6.07) is 2.31. The molecule has 90 valence electrons. The second-order valence-electron chi connectivity index (χ2n) is 3.48. The van der Waals surface area contributed by atoms with Gasteiger partial charge < -0.3 is 11.1 Å². The van der Waals surface area contributed by atoms with Crippen LogP contribution in [0.25, 0.3) is 0 Å². The van der Waals surface area contributed by atoms with E-state index in [1.54, 1.807) is 7.05 Å². The van der Waals surface area contributed by atoms with Gasteiger partial charge in [-0.3, -0.25) is 4.68 Å². The van der Waals surface area contributed by atoms with E-state index in [9.17, 15) is 8.78 Å². The van der Waals surface area contributed by atoms with E-state index in [1.807, 2.05) is 0 Å². The third kappa shape index (κ3) is 2.38. The number of aromatic nitrogens is 2. The Labute approximate surface area is 105 Å². The Balaban J connectivity index is 2.39. The van der Waals surface area contributed by atoms with Gasteiger partial charge in [-0.25, -0.2) is 8.78 Å². The minimum atomic E-state index is -0.720. The van der Waals surface area contributed by atoms with Crippen molar-refractivity contribution < 1.29 is 8.78 Å². The third-order valence-corrected chi connectivity index (χ3v) is 2.57. The zero-order valence-corrected chi connectivity index (χ0v) is 10.4. The zero-order chi connectivity index (χ0) is 12.6. The minimum Gasteiger partial charge on any atom is -0.394 e. The fraction of sp³-hybridized carbons (Fsp3) is 0.100. The second kappa shape index (κ2) is 4.33. The predicted molar refractivity (Wildman–Crippen MR) is 65.0 cm³/mol. The molecule has 0 saturated heterocycles. The van der Waals surface area contributed by atoms with Gasteiger partial charge in [-0.1, -0.05) is 15.9 Å². The van der Waals surface area contributed by atoms with Crippen LogP contribution in [-0.2, 0) is 7.05 Å². The number of nitrogens with two attached hydrogens (primary N) is 1. The third-order valence-electron chi connectivity index (χ3n) is 2.11. The van der Waals surface area contributed by atoms with Crippen LogP contribution in [0.5, 0.6) is 0 Å². The highest BCUT2D eigenvalue weighted by Crippen LogP contribution is 2.28. The quantitative estimate of drug-likeness (QED) is 0.897. The van der Waals surface area contributed by atoms with Gasteiger partial charge in [0.25, 0.3) is 0 Å². The number of nitrogen functional groups attached to an aromatic ring is 1. The average Bonchev–Trinajstić information content (AvgIpc) is 2.51. The number of halogens is 3. The van der Waals surface area contributed by atoms with Crippen LogP contribution in [0.1, 0.15) is 0 Å². The normalized spacial score (nSPS) is 10.6. The molecule has 0 fully saturated rings. The molecule has 7 heteroatoms. The Kier molecular flexibility index (Phi) is 3.01. The van der Waals surface area contributed by atoms with E-state index in [0.717, 1.165) is 12.1 Å². The summed E-state index contributed by atoms with van der Waals surface area (Å²) < 4.78 is 28.8. The monoisotopic (exact) mass is 302 g/mol. The van der Waals surface area contributed by atoms with Crippen molar-refractivity contribution >= 4 is 33.1 Å². The minimum absolute atomic E-state index is 0.215. The lowest BCUT2D eigenvalue weighted by Gasteiger charge is -2.07. The van der Waals surface area contributed by atoms with Crippen molar-refractivity contribution in [3.05, 3.63) is 34.4 Å². The number of anilines is 3. The molecule has 1 heterocycles. The zero-order valence-electron chi connectivity index (χ0n) is 8.84. The number of nitrogens with zero attached hydrogens (tertiary/aromatic N) is 2. The SMILES string of the molecule is Cn1cc(N)c(Nc2c(F)cc(Br)cc2F)n1. The van der Waals surface area contributed by atoms with E-state index in [1.165, 1.54) is 10.9 Å². The Hall–Kier alpha value is -1.63. The second-order valence-corrected chi connectivity index (χ2v) is 4.39. The number of nitrogens with one attached hydrogen (secondary N) is 1. The fourth-order valence-electron chi connectivity index (χ4n) is 1.38. The number of rotatable bonds is 2. The summed E-state index contributed by atoms with van der Waals surface area (Å²) in [7, 11) is 1.66. The summed E-state index contributed by atoms with van der Waals surface area (Å²) in [6.45, 7) is 0. The topological polar surface area (TPSA) is 55.9 Å². The molecule has 3 N–H and O–H groups in total. The molecule has 0 aliphatic rings. The van der Waals surface area contributed by atoms with Crippen molar-refractivity contribution in [1.82, 2.24) is 9.78 Å². The van der Waals surface area contributed by atoms with Crippen LogP contribution in [0.4, 0.5) is 26.0 Å². The maximum Gasteiger partial charge on any atom is 0.175 e. The average molecular weight is 303 g/mol. The Morgan fingerprint density at radius 1 is 1.35 bits per heavy atom. The van der Waals surface area contributed by atoms with E-state index in [0.29, 0.717) is 10.2 Å². The van der Waals surface area contributed by atoms with E-state index < -0.39 is 11.6 Å². The van der Waals surface area contributed by atoms with Crippen LogP contribution in [-0.4, -0.2) is 9.78 Å². The van der Waals surface area contributed by atoms with Crippen LogP contribution in [0.2, 0.25) is 0 Å². The smallest absolute Gasteiger partial charge is 0.175 e. The molecule has 1 aromatic carbocycles. The van der Waals surface area contributed by atoms with Crippen molar-refractivity contribution in [1.29, 1.82) is 0 Å². The Morgan fingerprint density at radius 2 is 1.94 bits per heavy atom. The van der Waals surface area contributed by atoms with Crippen molar-refractivity contribution in [2.45, 2.75) is 0 Å². The molecule has 4 nitrogen and oxygen atoms in total. The molecule has 0 unspecified atom stereocenters. The number of hydrogen-bond acceptors (Lipinski definition) is 3. The molecule has 2 aromatic rings. The molecule has 0 amide bonds. The Bertz CT molecular complexity index is 544. The molecule has 0 saturated carbocycles. The number of aryl methyl sites for hydroxylation is 1. The van der Waals surface area contributed by atoms with Gasteiger partial charge >= 0.3 is 0 Å². The maximum atomic E-state index is 13.5. The number of benzene rings is 1. The van der Waals surface area contributed by atoms with Crippen LogP contribution < -0.4 is 11.1 Å². The predicted octanol–water partition coefficient (Wildman–Crippen LogP) is 2.79. The van der Waals surface area contributed by atoms with E-state index in [4.69, 9.17) is 5.73 Å². The maximum absolute atomic E-state index is 13.5. The van der Waals surface area contributed by atoms with Crippen LogP contribution in [0.3, 0.4) is 0 Å². The van der Waals surface area contributed by atoms with Gasteiger partial charge in [0.1, 0.15) is 5.69 Å². The van der Waals surface area contributed by atoms with Gasteiger partial charge in [0.2, 0.25) is 0 Å². The molecule has 17 heavy (non-hydrogen) atoms. The molecule has 0 radical (unpaired) electrons. The molecule has 1 aromatic heterocycles.